The topological polar surface area (TPSA) is 65.5 Å². The van der Waals surface area contributed by atoms with Crippen LogP contribution in [0.4, 0.5) is 4.39 Å². The lowest BCUT2D eigenvalue weighted by atomic mass is 10.1. The van der Waals surface area contributed by atoms with Gasteiger partial charge in [-0.1, -0.05) is 12.1 Å². The maximum atomic E-state index is 13.2. The predicted octanol–water partition coefficient (Wildman–Crippen LogP) is 2.48. The van der Waals surface area contributed by atoms with Crippen molar-refractivity contribution in [3.8, 4) is 0 Å². The molecule has 1 aromatic heterocycles. The van der Waals surface area contributed by atoms with Gasteiger partial charge < -0.3 is 15.0 Å². The average Bonchev–Trinajstić information content (AvgIpc) is 3.12. The number of rotatable bonds is 4. The largest absolute Gasteiger partial charge is 0.367 e. The van der Waals surface area contributed by atoms with Crippen LogP contribution in [0, 0.1) is 5.82 Å². The molecule has 7 heteroatoms. The third kappa shape index (κ3) is 4.57. The predicted molar refractivity (Wildman–Crippen MR) is 94.7 cm³/mol. The molecule has 3 rings (SSSR count). The Hall–Kier alpha value is -2.41. The van der Waals surface area contributed by atoms with Crippen molar-refractivity contribution in [2.24, 2.45) is 4.99 Å². The van der Waals surface area contributed by atoms with Crippen molar-refractivity contribution in [1.29, 1.82) is 0 Å². The Morgan fingerprint density at radius 1 is 1.36 bits per heavy atom. The number of ether oxygens (including phenoxy) is 1. The Bertz CT molecular complexity index is 686. The molecule has 1 saturated heterocycles. The number of nitrogens with zero attached hydrogens (tertiary/aromatic N) is 3. The van der Waals surface area contributed by atoms with Gasteiger partial charge >= 0.3 is 0 Å². The maximum Gasteiger partial charge on any atom is 0.194 e. The molecule has 25 heavy (non-hydrogen) atoms. The first-order chi connectivity index (χ1) is 12.2. The molecule has 0 saturated carbocycles. The van der Waals surface area contributed by atoms with Gasteiger partial charge in [-0.3, -0.25) is 5.10 Å². The number of nitrogens with one attached hydrogen (secondary N) is 2. The summed E-state index contributed by atoms with van der Waals surface area (Å²) < 4.78 is 19.2. The molecule has 2 N–H and O–H groups in total. The zero-order chi connectivity index (χ0) is 17.6. The quantitative estimate of drug-likeness (QED) is 0.660. The van der Waals surface area contributed by atoms with Gasteiger partial charge in [0.15, 0.2) is 5.96 Å². The number of H-pyrrole nitrogens is 1. The van der Waals surface area contributed by atoms with Crippen LogP contribution in [0.25, 0.3) is 0 Å². The number of aromatic nitrogens is 2. The van der Waals surface area contributed by atoms with Gasteiger partial charge in [0.05, 0.1) is 24.9 Å². The molecular weight excluding hydrogens is 321 g/mol. The average molecular weight is 345 g/mol. The van der Waals surface area contributed by atoms with Crippen molar-refractivity contribution in [3.05, 3.63) is 53.6 Å². The van der Waals surface area contributed by atoms with E-state index in [2.05, 4.69) is 20.4 Å². The highest BCUT2D eigenvalue weighted by Crippen LogP contribution is 2.25. The molecule has 2 unspecified atom stereocenters. The van der Waals surface area contributed by atoms with Gasteiger partial charge in [0.2, 0.25) is 0 Å². The third-order valence-corrected chi connectivity index (χ3v) is 4.09. The normalized spacial score (nSPS) is 21.4. The van der Waals surface area contributed by atoms with E-state index in [0.717, 1.165) is 30.3 Å². The van der Waals surface area contributed by atoms with Crippen molar-refractivity contribution >= 4 is 5.96 Å². The fourth-order valence-electron chi connectivity index (χ4n) is 2.94. The fraction of sp³-hybridized carbons (Fsp3) is 0.444. The molecule has 2 aromatic rings. The van der Waals surface area contributed by atoms with Crippen LogP contribution in [-0.4, -0.2) is 46.8 Å². The van der Waals surface area contributed by atoms with Crippen molar-refractivity contribution < 1.29 is 9.13 Å². The molecule has 0 aliphatic carbocycles. The van der Waals surface area contributed by atoms with Crippen molar-refractivity contribution in [2.75, 3.05) is 19.6 Å². The molecule has 2 atom stereocenters. The number of aromatic amines is 1. The SMILES string of the molecule is CCNC(=NCc1ccn[nH]1)N1CC(C)OC(c2ccc(F)cc2)C1. The van der Waals surface area contributed by atoms with E-state index in [4.69, 9.17) is 9.73 Å². The molecule has 1 aromatic carbocycles. The van der Waals surface area contributed by atoms with Crippen LogP contribution in [0.2, 0.25) is 0 Å². The first-order valence-corrected chi connectivity index (χ1v) is 8.58. The summed E-state index contributed by atoms with van der Waals surface area (Å²) in [5.41, 5.74) is 1.94. The van der Waals surface area contributed by atoms with Gasteiger partial charge in [0.1, 0.15) is 11.9 Å². The summed E-state index contributed by atoms with van der Waals surface area (Å²) in [4.78, 5) is 6.90. The highest BCUT2D eigenvalue weighted by Gasteiger charge is 2.28. The van der Waals surface area contributed by atoms with Crippen LogP contribution in [0.5, 0.6) is 0 Å². The number of benzene rings is 1. The van der Waals surface area contributed by atoms with Crippen molar-refractivity contribution in [3.63, 3.8) is 0 Å². The van der Waals surface area contributed by atoms with Gasteiger partial charge in [-0.2, -0.15) is 5.10 Å². The number of halogens is 1. The van der Waals surface area contributed by atoms with Crippen LogP contribution < -0.4 is 5.32 Å². The van der Waals surface area contributed by atoms with Gasteiger partial charge in [-0.15, -0.1) is 0 Å². The summed E-state index contributed by atoms with van der Waals surface area (Å²) in [5.74, 6) is 0.610. The van der Waals surface area contributed by atoms with Gasteiger partial charge in [-0.25, -0.2) is 9.38 Å². The van der Waals surface area contributed by atoms with E-state index in [1.54, 1.807) is 18.3 Å². The Morgan fingerprint density at radius 3 is 2.84 bits per heavy atom. The first-order valence-electron chi connectivity index (χ1n) is 8.58. The molecule has 1 aliphatic heterocycles. The standard InChI is InChI=1S/C18H24FN5O/c1-3-20-18(21-10-16-8-9-22-23-16)24-11-13(2)25-17(12-24)14-4-6-15(19)7-5-14/h4-9,13,17H,3,10-12H2,1-2H3,(H,20,21)(H,22,23). The second-order valence-electron chi connectivity index (χ2n) is 6.14. The molecule has 0 amide bonds. The lowest BCUT2D eigenvalue weighted by molar-refractivity contribution is -0.0605. The summed E-state index contributed by atoms with van der Waals surface area (Å²) in [7, 11) is 0. The highest BCUT2D eigenvalue weighted by atomic mass is 19.1. The second kappa shape index (κ2) is 8.11. The lowest BCUT2D eigenvalue weighted by Gasteiger charge is -2.38. The molecule has 0 spiro atoms. The van der Waals surface area contributed by atoms with Crippen molar-refractivity contribution in [2.45, 2.75) is 32.6 Å². The number of morpholine rings is 1. The molecule has 134 valence electrons. The first kappa shape index (κ1) is 17.4. The minimum Gasteiger partial charge on any atom is -0.367 e. The fourth-order valence-corrected chi connectivity index (χ4v) is 2.94. The van der Waals surface area contributed by atoms with Crippen LogP contribution in [0.15, 0.2) is 41.5 Å². The van der Waals surface area contributed by atoms with E-state index in [1.807, 2.05) is 19.9 Å². The minimum atomic E-state index is -0.237. The highest BCUT2D eigenvalue weighted by molar-refractivity contribution is 5.80. The molecule has 1 aliphatic rings. The van der Waals surface area contributed by atoms with Crippen LogP contribution in [0.3, 0.4) is 0 Å². The summed E-state index contributed by atoms with van der Waals surface area (Å²) in [6.07, 6.45) is 1.67. The van der Waals surface area contributed by atoms with Gasteiger partial charge in [-0.05, 0) is 37.6 Å². The monoisotopic (exact) mass is 345 g/mol. The number of guanidine groups is 1. The van der Waals surface area contributed by atoms with E-state index in [-0.39, 0.29) is 18.0 Å². The van der Waals surface area contributed by atoms with Crippen molar-refractivity contribution in [1.82, 2.24) is 20.4 Å². The number of hydrogen-bond donors (Lipinski definition) is 2. The molecule has 0 bridgehead atoms. The zero-order valence-corrected chi connectivity index (χ0v) is 14.6. The van der Waals surface area contributed by atoms with Crippen LogP contribution in [-0.2, 0) is 11.3 Å². The Morgan fingerprint density at radius 2 is 2.16 bits per heavy atom. The maximum absolute atomic E-state index is 13.2. The number of aliphatic imine (C=N–C) groups is 1. The summed E-state index contributed by atoms with van der Waals surface area (Å²) in [5, 5.41) is 10.2. The van der Waals surface area contributed by atoms with Crippen LogP contribution >= 0.6 is 0 Å². The second-order valence-corrected chi connectivity index (χ2v) is 6.14. The minimum absolute atomic E-state index is 0.0554. The summed E-state index contributed by atoms with van der Waals surface area (Å²) in [6, 6.07) is 8.42. The third-order valence-electron chi connectivity index (χ3n) is 4.09. The van der Waals surface area contributed by atoms with E-state index >= 15 is 0 Å². The Balaban J connectivity index is 1.75. The summed E-state index contributed by atoms with van der Waals surface area (Å²) in [6.45, 7) is 6.84. The molecular formula is C18H24FN5O. The van der Waals surface area contributed by atoms with Gasteiger partial charge in [0.25, 0.3) is 0 Å². The van der Waals surface area contributed by atoms with E-state index in [1.165, 1.54) is 12.1 Å². The molecule has 6 nitrogen and oxygen atoms in total. The summed E-state index contributed by atoms with van der Waals surface area (Å²) >= 11 is 0. The molecule has 2 heterocycles. The van der Waals surface area contributed by atoms with Crippen LogP contribution in [0.1, 0.15) is 31.2 Å². The lowest BCUT2D eigenvalue weighted by Crippen LogP contribution is -2.50. The smallest absolute Gasteiger partial charge is 0.194 e. The Labute approximate surface area is 147 Å². The Kier molecular flexibility index (Phi) is 5.65. The van der Waals surface area contributed by atoms with E-state index in [0.29, 0.717) is 13.1 Å². The molecule has 1 fully saturated rings. The zero-order valence-electron chi connectivity index (χ0n) is 14.6. The van der Waals surface area contributed by atoms with E-state index < -0.39 is 0 Å². The van der Waals surface area contributed by atoms with E-state index in [9.17, 15) is 4.39 Å². The van der Waals surface area contributed by atoms with Gasteiger partial charge in [0, 0.05) is 19.3 Å². The number of hydrogen-bond acceptors (Lipinski definition) is 3. The molecule has 0 radical (unpaired) electrons.